The number of amides is 2. The molecule has 0 aliphatic carbocycles. The first-order valence-electron chi connectivity index (χ1n) is 10.5. The second kappa shape index (κ2) is 10.0. The summed E-state index contributed by atoms with van der Waals surface area (Å²) in [5.41, 5.74) is 1.85. The van der Waals surface area contributed by atoms with Crippen LogP contribution in [-0.2, 0) is 14.3 Å². The van der Waals surface area contributed by atoms with Gasteiger partial charge in [-0.3, -0.25) is 9.59 Å². The van der Waals surface area contributed by atoms with E-state index in [0.717, 1.165) is 52.0 Å². The first-order chi connectivity index (χ1) is 13.5. The summed E-state index contributed by atoms with van der Waals surface area (Å²) in [6, 6.07) is 8.28. The van der Waals surface area contributed by atoms with Crippen molar-refractivity contribution < 1.29 is 14.3 Å². The van der Waals surface area contributed by atoms with E-state index in [1.807, 2.05) is 24.3 Å². The van der Waals surface area contributed by atoms with Gasteiger partial charge in [-0.25, -0.2) is 0 Å². The average Bonchev–Trinajstić information content (AvgIpc) is 2.73. The number of anilines is 1. The molecule has 2 fully saturated rings. The van der Waals surface area contributed by atoms with Gasteiger partial charge in [0.05, 0.1) is 0 Å². The second-order valence-corrected chi connectivity index (χ2v) is 8.26. The number of hydrogen-bond acceptors (Lipinski definition) is 4. The normalized spacial score (nSPS) is 19.5. The molecule has 0 atom stereocenters. The van der Waals surface area contributed by atoms with Crippen molar-refractivity contribution in [3.8, 4) is 0 Å². The summed E-state index contributed by atoms with van der Waals surface area (Å²) in [6.45, 7) is 8.69. The number of rotatable bonds is 5. The minimum Gasteiger partial charge on any atom is -0.381 e. The Kier molecular flexibility index (Phi) is 7.45. The monoisotopic (exact) mass is 387 g/mol. The molecule has 28 heavy (non-hydrogen) atoms. The molecule has 154 valence electrons. The van der Waals surface area contributed by atoms with E-state index in [1.165, 1.54) is 5.56 Å². The Morgan fingerprint density at radius 3 is 2.29 bits per heavy atom. The predicted molar refractivity (Wildman–Crippen MR) is 110 cm³/mol. The van der Waals surface area contributed by atoms with Crippen LogP contribution in [0.3, 0.4) is 0 Å². The second-order valence-electron chi connectivity index (χ2n) is 8.26. The lowest BCUT2D eigenvalue weighted by molar-refractivity contribution is -0.136. The van der Waals surface area contributed by atoms with Crippen LogP contribution in [0.25, 0.3) is 0 Å². The number of hydrogen-bond donors (Lipinski definition) is 2. The van der Waals surface area contributed by atoms with E-state index in [1.54, 1.807) is 0 Å². The van der Waals surface area contributed by atoms with Crippen molar-refractivity contribution in [1.29, 1.82) is 0 Å². The molecule has 0 bridgehead atoms. The molecule has 2 aliphatic heterocycles. The molecule has 2 amide bonds. The standard InChI is InChI=1S/C22H33N3O3/c1-16(2)18-3-5-19(6-4-18)24-22(27)21(26)23-15-17-7-11-25(12-8-17)20-9-13-28-14-10-20/h3-6,16-17,20H,7-15H2,1-2H3,(H,23,26)(H,24,27). The number of nitrogens with zero attached hydrogens (tertiary/aromatic N) is 1. The molecule has 0 aromatic heterocycles. The first-order valence-corrected chi connectivity index (χ1v) is 10.5. The molecule has 0 radical (unpaired) electrons. The van der Waals surface area contributed by atoms with Crippen LogP contribution in [0.2, 0.25) is 0 Å². The van der Waals surface area contributed by atoms with Crippen LogP contribution in [0.15, 0.2) is 24.3 Å². The maximum Gasteiger partial charge on any atom is 0.313 e. The number of likely N-dealkylation sites (tertiary alicyclic amines) is 1. The molecular formula is C22H33N3O3. The number of carbonyl (C=O) groups is 2. The summed E-state index contributed by atoms with van der Waals surface area (Å²) in [7, 11) is 0. The fourth-order valence-electron chi connectivity index (χ4n) is 4.03. The van der Waals surface area contributed by atoms with Gasteiger partial charge < -0.3 is 20.3 Å². The summed E-state index contributed by atoms with van der Waals surface area (Å²) in [4.78, 5) is 26.8. The van der Waals surface area contributed by atoms with Gasteiger partial charge in [0.15, 0.2) is 0 Å². The van der Waals surface area contributed by atoms with Crippen molar-refractivity contribution in [2.45, 2.75) is 51.5 Å². The predicted octanol–water partition coefficient (Wildman–Crippen LogP) is 2.76. The average molecular weight is 388 g/mol. The van der Waals surface area contributed by atoms with E-state index < -0.39 is 11.8 Å². The number of carbonyl (C=O) groups excluding carboxylic acids is 2. The lowest BCUT2D eigenvalue weighted by Gasteiger charge is -2.39. The van der Waals surface area contributed by atoms with Gasteiger partial charge in [0.1, 0.15) is 0 Å². The zero-order chi connectivity index (χ0) is 19.9. The fourth-order valence-corrected chi connectivity index (χ4v) is 4.03. The van der Waals surface area contributed by atoms with Crippen LogP contribution in [0.1, 0.15) is 51.0 Å². The maximum absolute atomic E-state index is 12.1. The van der Waals surface area contributed by atoms with E-state index in [2.05, 4.69) is 29.4 Å². The highest BCUT2D eigenvalue weighted by molar-refractivity contribution is 6.39. The van der Waals surface area contributed by atoms with Gasteiger partial charge in [0.25, 0.3) is 0 Å². The number of nitrogens with one attached hydrogen (secondary N) is 2. The van der Waals surface area contributed by atoms with Gasteiger partial charge in [-0.05, 0) is 68.3 Å². The summed E-state index contributed by atoms with van der Waals surface area (Å²) < 4.78 is 5.45. The van der Waals surface area contributed by atoms with E-state index in [9.17, 15) is 9.59 Å². The molecule has 0 saturated carbocycles. The Hall–Kier alpha value is -1.92. The lowest BCUT2D eigenvalue weighted by atomic mass is 9.94. The molecular weight excluding hydrogens is 354 g/mol. The Morgan fingerprint density at radius 2 is 1.68 bits per heavy atom. The van der Waals surface area contributed by atoms with E-state index in [-0.39, 0.29) is 0 Å². The Morgan fingerprint density at radius 1 is 1.04 bits per heavy atom. The van der Waals surface area contributed by atoms with Crippen molar-refractivity contribution in [3.63, 3.8) is 0 Å². The molecule has 3 rings (SSSR count). The Balaban J connectivity index is 1.37. The molecule has 6 nitrogen and oxygen atoms in total. The van der Waals surface area contributed by atoms with Crippen molar-refractivity contribution in [2.75, 3.05) is 38.2 Å². The summed E-state index contributed by atoms with van der Waals surface area (Å²) in [5.74, 6) is -0.277. The van der Waals surface area contributed by atoms with E-state index >= 15 is 0 Å². The maximum atomic E-state index is 12.1. The summed E-state index contributed by atoms with van der Waals surface area (Å²) in [5, 5.41) is 5.48. The van der Waals surface area contributed by atoms with Crippen LogP contribution < -0.4 is 10.6 Å². The number of piperidine rings is 1. The number of benzene rings is 1. The van der Waals surface area contributed by atoms with Gasteiger partial charge in [0, 0.05) is 31.5 Å². The topological polar surface area (TPSA) is 70.7 Å². The molecule has 0 spiro atoms. The van der Waals surface area contributed by atoms with E-state index in [0.29, 0.717) is 30.1 Å². The zero-order valence-electron chi connectivity index (χ0n) is 17.1. The quantitative estimate of drug-likeness (QED) is 0.762. The van der Waals surface area contributed by atoms with Crippen molar-refractivity contribution in [3.05, 3.63) is 29.8 Å². The fraction of sp³-hybridized carbons (Fsp3) is 0.636. The highest BCUT2D eigenvalue weighted by atomic mass is 16.5. The van der Waals surface area contributed by atoms with Crippen LogP contribution in [0.5, 0.6) is 0 Å². The minimum absolute atomic E-state index is 0.436. The van der Waals surface area contributed by atoms with Gasteiger partial charge in [-0.1, -0.05) is 26.0 Å². The lowest BCUT2D eigenvalue weighted by Crippen LogP contribution is -2.46. The smallest absolute Gasteiger partial charge is 0.313 e. The third-order valence-corrected chi connectivity index (χ3v) is 5.95. The summed E-state index contributed by atoms with van der Waals surface area (Å²) >= 11 is 0. The van der Waals surface area contributed by atoms with Gasteiger partial charge in [-0.2, -0.15) is 0 Å². The van der Waals surface area contributed by atoms with Crippen molar-refractivity contribution in [2.24, 2.45) is 5.92 Å². The van der Waals surface area contributed by atoms with Crippen LogP contribution in [0.4, 0.5) is 5.69 Å². The largest absolute Gasteiger partial charge is 0.381 e. The highest BCUT2D eigenvalue weighted by Gasteiger charge is 2.27. The van der Waals surface area contributed by atoms with Gasteiger partial charge in [0.2, 0.25) is 0 Å². The molecule has 2 N–H and O–H groups in total. The molecule has 0 unspecified atom stereocenters. The molecule has 1 aromatic carbocycles. The molecule has 2 saturated heterocycles. The highest BCUT2D eigenvalue weighted by Crippen LogP contribution is 2.23. The molecule has 1 aromatic rings. The van der Waals surface area contributed by atoms with Gasteiger partial charge >= 0.3 is 11.8 Å². The molecule has 2 heterocycles. The van der Waals surface area contributed by atoms with Crippen molar-refractivity contribution >= 4 is 17.5 Å². The number of ether oxygens (including phenoxy) is 1. The molecule has 2 aliphatic rings. The Bertz CT molecular complexity index is 645. The van der Waals surface area contributed by atoms with Gasteiger partial charge in [-0.15, -0.1) is 0 Å². The SMILES string of the molecule is CC(C)c1ccc(NC(=O)C(=O)NCC2CCN(C3CCOCC3)CC2)cc1. The molecule has 6 heteroatoms. The van der Waals surface area contributed by atoms with Crippen molar-refractivity contribution in [1.82, 2.24) is 10.2 Å². The van der Waals surface area contributed by atoms with Crippen LogP contribution >= 0.6 is 0 Å². The van der Waals surface area contributed by atoms with E-state index in [4.69, 9.17) is 4.74 Å². The first kappa shape index (κ1) is 20.8. The Labute approximate surface area is 168 Å². The third kappa shape index (κ3) is 5.79. The summed E-state index contributed by atoms with van der Waals surface area (Å²) in [6.07, 6.45) is 4.38. The third-order valence-electron chi connectivity index (χ3n) is 5.95. The van der Waals surface area contributed by atoms with Crippen LogP contribution in [-0.4, -0.2) is 55.6 Å². The minimum atomic E-state index is -0.600. The zero-order valence-corrected chi connectivity index (χ0v) is 17.1. The van der Waals surface area contributed by atoms with Crippen LogP contribution in [0, 0.1) is 5.92 Å².